The second kappa shape index (κ2) is 3.61. The summed E-state index contributed by atoms with van der Waals surface area (Å²) in [5.41, 5.74) is 1.95. The van der Waals surface area contributed by atoms with E-state index in [0.717, 1.165) is 30.5 Å². The Kier molecular flexibility index (Phi) is 2.74. The van der Waals surface area contributed by atoms with E-state index in [0.29, 0.717) is 5.88 Å². The SMILES string of the molecule is CCCCc1nn(C)c(O)c1C. The van der Waals surface area contributed by atoms with E-state index in [1.165, 1.54) is 4.68 Å². The van der Waals surface area contributed by atoms with Crippen molar-refractivity contribution in [2.45, 2.75) is 33.1 Å². The van der Waals surface area contributed by atoms with Gasteiger partial charge in [0.1, 0.15) is 0 Å². The minimum Gasteiger partial charge on any atom is -0.493 e. The normalized spacial score (nSPS) is 10.6. The van der Waals surface area contributed by atoms with E-state index >= 15 is 0 Å². The van der Waals surface area contributed by atoms with E-state index in [4.69, 9.17) is 0 Å². The number of aromatic nitrogens is 2. The molecule has 1 rings (SSSR count). The molecule has 12 heavy (non-hydrogen) atoms. The van der Waals surface area contributed by atoms with E-state index < -0.39 is 0 Å². The number of hydrogen-bond donors (Lipinski definition) is 1. The van der Waals surface area contributed by atoms with E-state index in [1.54, 1.807) is 7.05 Å². The van der Waals surface area contributed by atoms with Gasteiger partial charge in [0, 0.05) is 12.6 Å². The summed E-state index contributed by atoms with van der Waals surface area (Å²) in [7, 11) is 1.76. The summed E-state index contributed by atoms with van der Waals surface area (Å²) in [4.78, 5) is 0. The monoisotopic (exact) mass is 168 g/mol. The first-order valence-corrected chi connectivity index (χ1v) is 4.38. The fourth-order valence-electron chi connectivity index (χ4n) is 1.26. The van der Waals surface area contributed by atoms with Crippen LogP contribution in [0.5, 0.6) is 5.88 Å². The number of aryl methyl sites for hydroxylation is 2. The van der Waals surface area contributed by atoms with Gasteiger partial charge in [0.25, 0.3) is 0 Å². The predicted molar refractivity (Wildman–Crippen MR) is 48.2 cm³/mol. The van der Waals surface area contributed by atoms with Crippen LogP contribution in [-0.2, 0) is 13.5 Å². The van der Waals surface area contributed by atoms with Crippen LogP contribution in [0.4, 0.5) is 0 Å². The minimum absolute atomic E-state index is 0.293. The number of hydrogen-bond acceptors (Lipinski definition) is 2. The third kappa shape index (κ3) is 1.60. The molecule has 0 bridgehead atoms. The minimum atomic E-state index is 0.293. The molecule has 0 unspecified atom stereocenters. The van der Waals surface area contributed by atoms with E-state index in [2.05, 4.69) is 12.0 Å². The van der Waals surface area contributed by atoms with Gasteiger partial charge in [-0.15, -0.1) is 0 Å². The fourth-order valence-corrected chi connectivity index (χ4v) is 1.26. The molecule has 0 radical (unpaired) electrons. The molecule has 1 aromatic heterocycles. The molecule has 0 spiro atoms. The molecule has 3 heteroatoms. The van der Waals surface area contributed by atoms with Crippen molar-refractivity contribution in [2.24, 2.45) is 7.05 Å². The topological polar surface area (TPSA) is 38.0 Å². The van der Waals surface area contributed by atoms with Crippen LogP contribution in [0.15, 0.2) is 0 Å². The molecule has 3 nitrogen and oxygen atoms in total. The lowest BCUT2D eigenvalue weighted by molar-refractivity contribution is 0.416. The van der Waals surface area contributed by atoms with Gasteiger partial charge in [-0.1, -0.05) is 13.3 Å². The van der Waals surface area contributed by atoms with Gasteiger partial charge in [-0.05, 0) is 19.8 Å². The van der Waals surface area contributed by atoms with Gasteiger partial charge >= 0.3 is 0 Å². The average Bonchev–Trinajstić information content (AvgIpc) is 2.30. The molecule has 0 saturated heterocycles. The Morgan fingerprint density at radius 2 is 2.17 bits per heavy atom. The maximum atomic E-state index is 9.43. The van der Waals surface area contributed by atoms with Gasteiger partial charge in [-0.3, -0.25) is 0 Å². The lowest BCUT2D eigenvalue weighted by atomic mass is 10.1. The van der Waals surface area contributed by atoms with Crippen LogP contribution in [0.2, 0.25) is 0 Å². The molecule has 0 fully saturated rings. The highest BCUT2D eigenvalue weighted by molar-refractivity contribution is 5.28. The lowest BCUT2D eigenvalue weighted by Gasteiger charge is -1.93. The summed E-state index contributed by atoms with van der Waals surface area (Å²) in [5.74, 6) is 0.293. The first-order chi connectivity index (χ1) is 5.66. The predicted octanol–water partition coefficient (Wildman–Crippen LogP) is 1.78. The summed E-state index contributed by atoms with van der Waals surface area (Å²) in [6.45, 7) is 4.06. The molecule has 0 saturated carbocycles. The number of unbranched alkanes of at least 4 members (excludes halogenated alkanes) is 1. The second-order valence-corrected chi connectivity index (χ2v) is 3.12. The maximum absolute atomic E-state index is 9.43. The highest BCUT2D eigenvalue weighted by Gasteiger charge is 2.09. The Morgan fingerprint density at radius 3 is 2.58 bits per heavy atom. The lowest BCUT2D eigenvalue weighted by Crippen LogP contribution is -1.91. The largest absolute Gasteiger partial charge is 0.493 e. The van der Waals surface area contributed by atoms with Gasteiger partial charge in [0.15, 0.2) is 0 Å². The fraction of sp³-hybridized carbons (Fsp3) is 0.667. The molecule has 1 N–H and O–H groups in total. The van der Waals surface area contributed by atoms with Gasteiger partial charge < -0.3 is 5.11 Å². The van der Waals surface area contributed by atoms with Gasteiger partial charge in [-0.25, -0.2) is 4.68 Å². The van der Waals surface area contributed by atoms with E-state index in [1.807, 2.05) is 6.92 Å². The third-order valence-corrected chi connectivity index (χ3v) is 2.11. The zero-order valence-electron chi connectivity index (χ0n) is 7.96. The zero-order chi connectivity index (χ0) is 9.14. The molecular weight excluding hydrogens is 152 g/mol. The number of rotatable bonds is 3. The second-order valence-electron chi connectivity index (χ2n) is 3.12. The molecule has 1 heterocycles. The van der Waals surface area contributed by atoms with Crippen LogP contribution in [0.25, 0.3) is 0 Å². The molecular formula is C9H16N2O. The molecule has 0 aliphatic rings. The Balaban J connectivity index is 2.79. The Hall–Kier alpha value is -0.990. The molecule has 0 amide bonds. The molecule has 0 aliphatic heterocycles. The van der Waals surface area contributed by atoms with Crippen molar-refractivity contribution in [1.29, 1.82) is 0 Å². The van der Waals surface area contributed by atoms with Gasteiger partial charge in [0.2, 0.25) is 5.88 Å². The van der Waals surface area contributed by atoms with Crippen LogP contribution < -0.4 is 0 Å². The van der Waals surface area contributed by atoms with Crippen molar-refractivity contribution in [3.63, 3.8) is 0 Å². The first kappa shape index (κ1) is 9.10. The summed E-state index contributed by atoms with van der Waals surface area (Å²) < 4.78 is 1.53. The zero-order valence-corrected chi connectivity index (χ0v) is 7.96. The summed E-state index contributed by atoms with van der Waals surface area (Å²) in [6, 6.07) is 0. The molecule has 0 aliphatic carbocycles. The standard InChI is InChI=1S/C9H16N2O/c1-4-5-6-8-7(2)9(12)11(3)10-8/h12H,4-6H2,1-3H3. The van der Waals surface area contributed by atoms with Gasteiger partial charge in [-0.2, -0.15) is 5.10 Å². The molecule has 1 aromatic rings. The Bertz CT molecular complexity index is 266. The Morgan fingerprint density at radius 1 is 1.50 bits per heavy atom. The van der Waals surface area contributed by atoms with E-state index in [9.17, 15) is 5.11 Å². The van der Waals surface area contributed by atoms with Crippen molar-refractivity contribution >= 4 is 0 Å². The smallest absolute Gasteiger partial charge is 0.212 e. The first-order valence-electron chi connectivity index (χ1n) is 4.38. The number of nitrogens with zero attached hydrogens (tertiary/aromatic N) is 2. The van der Waals surface area contributed by atoms with Crippen LogP contribution in [0.3, 0.4) is 0 Å². The van der Waals surface area contributed by atoms with E-state index in [-0.39, 0.29) is 0 Å². The van der Waals surface area contributed by atoms with Crippen molar-refractivity contribution in [1.82, 2.24) is 9.78 Å². The summed E-state index contributed by atoms with van der Waals surface area (Å²) in [6.07, 6.45) is 3.27. The van der Waals surface area contributed by atoms with Crippen LogP contribution in [0.1, 0.15) is 31.0 Å². The summed E-state index contributed by atoms with van der Waals surface area (Å²) in [5, 5.41) is 13.6. The highest BCUT2D eigenvalue weighted by Crippen LogP contribution is 2.19. The number of aromatic hydroxyl groups is 1. The van der Waals surface area contributed by atoms with Crippen molar-refractivity contribution in [2.75, 3.05) is 0 Å². The highest BCUT2D eigenvalue weighted by atomic mass is 16.3. The third-order valence-electron chi connectivity index (χ3n) is 2.11. The summed E-state index contributed by atoms with van der Waals surface area (Å²) >= 11 is 0. The maximum Gasteiger partial charge on any atom is 0.212 e. The van der Waals surface area contributed by atoms with Crippen LogP contribution in [-0.4, -0.2) is 14.9 Å². The van der Waals surface area contributed by atoms with Crippen LogP contribution >= 0.6 is 0 Å². The molecule has 68 valence electrons. The van der Waals surface area contributed by atoms with Crippen molar-refractivity contribution in [3.05, 3.63) is 11.3 Å². The Labute approximate surface area is 73.0 Å². The van der Waals surface area contributed by atoms with Gasteiger partial charge in [0.05, 0.1) is 5.69 Å². The molecule has 0 atom stereocenters. The quantitative estimate of drug-likeness (QED) is 0.747. The van der Waals surface area contributed by atoms with Crippen LogP contribution in [0, 0.1) is 6.92 Å². The molecule has 0 aromatic carbocycles. The van der Waals surface area contributed by atoms with Crippen molar-refractivity contribution in [3.8, 4) is 5.88 Å². The van der Waals surface area contributed by atoms with Crippen molar-refractivity contribution < 1.29 is 5.11 Å². The average molecular weight is 168 g/mol.